The molecule has 1 unspecified atom stereocenters. The van der Waals surface area contributed by atoms with Gasteiger partial charge in [-0.05, 0) is 24.1 Å². The Kier molecular flexibility index (Phi) is 5.13. The number of ketones is 1. The van der Waals surface area contributed by atoms with Crippen LogP contribution in [0, 0.1) is 0 Å². The van der Waals surface area contributed by atoms with Crippen LogP contribution in [0.4, 0.5) is 4.79 Å². The summed E-state index contributed by atoms with van der Waals surface area (Å²) in [5.41, 5.74) is 0.947. The van der Waals surface area contributed by atoms with Gasteiger partial charge in [0.25, 0.3) is 0 Å². The molecule has 0 aliphatic heterocycles. The number of Topliss-reactive ketones (excluding diaryl/α,β-unsaturated/α-hetero) is 1. The van der Waals surface area contributed by atoms with E-state index >= 15 is 0 Å². The summed E-state index contributed by atoms with van der Waals surface area (Å²) >= 11 is 0. The zero-order valence-electron chi connectivity index (χ0n) is 9.97. The molecule has 1 aromatic rings. The van der Waals surface area contributed by atoms with E-state index in [2.05, 4.69) is 15.0 Å². The van der Waals surface area contributed by atoms with Gasteiger partial charge < -0.3 is 10.1 Å². The average Bonchev–Trinajstić information content (AvgIpc) is 2.38. The Morgan fingerprint density at radius 2 is 2.06 bits per heavy atom. The topological polar surface area (TPSA) is 68.3 Å². The van der Waals surface area contributed by atoms with E-state index in [1.807, 2.05) is 12.1 Å². The number of carbonyl (C=O) groups is 2. The van der Waals surface area contributed by atoms with E-state index < -0.39 is 12.1 Å². The fraction of sp³-hybridized carbons (Fsp3) is 0.417. The van der Waals surface area contributed by atoms with Crippen molar-refractivity contribution in [1.82, 2.24) is 10.3 Å². The van der Waals surface area contributed by atoms with Crippen LogP contribution in [0.5, 0.6) is 0 Å². The fourth-order valence-corrected chi connectivity index (χ4v) is 1.45. The van der Waals surface area contributed by atoms with Gasteiger partial charge in [0.05, 0.1) is 13.2 Å². The first-order valence-electron chi connectivity index (χ1n) is 5.43. The molecule has 5 heteroatoms. The van der Waals surface area contributed by atoms with Crippen LogP contribution < -0.4 is 5.32 Å². The van der Waals surface area contributed by atoms with Crippen LogP contribution in [-0.4, -0.2) is 30.0 Å². The van der Waals surface area contributed by atoms with Crippen LogP contribution in [-0.2, 0) is 16.0 Å². The molecule has 0 aliphatic rings. The molecular weight excluding hydrogens is 220 g/mol. The lowest BCUT2D eigenvalue weighted by atomic mass is 10.0. The van der Waals surface area contributed by atoms with Gasteiger partial charge in [-0.1, -0.05) is 6.92 Å². The van der Waals surface area contributed by atoms with Gasteiger partial charge in [-0.3, -0.25) is 9.78 Å². The molecular formula is C12H16N2O3. The van der Waals surface area contributed by atoms with Crippen molar-refractivity contribution >= 4 is 11.9 Å². The molecule has 92 valence electrons. The van der Waals surface area contributed by atoms with E-state index in [1.54, 1.807) is 19.3 Å². The molecule has 0 saturated heterocycles. The van der Waals surface area contributed by atoms with Gasteiger partial charge in [0.2, 0.25) is 0 Å². The Balaban J connectivity index is 2.70. The lowest BCUT2D eigenvalue weighted by Gasteiger charge is -2.16. The van der Waals surface area contributed by atoms with Gasteiger partial charge in [0.1, 0.15) is 0 Å². The minimum atomic E-state index is -0.592. The van der Waals surface area contributed by atoms with Gasteiger partial charge in [0.15, 0.2) is 5.78 Å². The van der Waals surface area contributed by atoms with Crippen LogP contribution in [0.3, 0.4) is 0 Å². The summed E-state index contributed by atoms with van der Waals surface area (Å²) in [4.78, 5) is 26.7. The molecule has 17 heavy (non-hydrogen) atoms. The lowest BCUT2D eigenvalue weighted by molar-refractivity contribution is -0.120. The maximum atomic E-state index is 11.7. The van der Waals surface area contributed by atoms with Crippen molar-refractivity contribution in [1.29, 1.82) is 0 Å². The third-order valence-electron chi connectivity index (χ3n) is 2.40. The van der Waals surface area contributed by atoms with Crippen molar-refractivity contribution in [3.05, 3.63) is 30.1 Å². The van der Waals surface area contributed by atoms with E-state index in [4.69, 9.17) is 0 Å². The highest BCUT2D eigenvalue weighted by molar-refractivity contribution is 5.87. The zero-order chi connectivity index (χ0) is 12.7. The Labute approximate surface area is 100 Å². The van der Waals surface area contributed by atoms with Crippen LogP contribution in [0.1, 0.15) is 18.9 Å². The van der Waals surface area contributed by atoms with E-state index in [1.165, 1.54) is 7.11 Å². The quantitative estimate of drug-likeness (QED) is 0.837. The molecule has 1 heterocycles. The Bertz CT molecular complexity index is 379. The summed E-state index contributed by atoms with van der Waals surface area (Å²) in [5, 5.41) is 2.53. The summed E-state index contributed by atoms with van der Waals surface area (Å²) in [5.74, 6) is -0.0211. The van der Waals surface area contributed by atoms with Crippen molar-refractivity contribution < 1.29 is 14.3 Å². The molecule has 1 amide bonds. The van der Waals surface area contributed by atoms with Crippen molar-refractivity contribution in [3.63, 3.8) is 0 Å². The molecule has 0 aliphatic carbocycles. The SMILES string of the molecule is CCC(=O)C(Cc1ccncc1)NC(=O)OC. The van der Waals surface area contributed by atoms with E-state index in [0.29, 0.717) is 12.8 Å². The highest BCUT2D eigenvalue weighted by Crippen LogP contribution is 2.04. The van der Waals surface area contributed by atoms with Crippen LogP contribution >= 0.6 is 0 Å². The summed E-state index contributed by atoms with van der Waals surface area (Å²) < 4.78 is 4.50. The number of carbonyl (C=O) groups excluding carboxylic acids is 2. The molecule has 0 bridgehead atoms. The number of pyridine rings is 1. The maximum Gasteiger partial charge on any atom is 0.407 e. The van der Waals surface area contributed by atoms with Crippen LogP contribution in [0.25, 0.3) is 0 Å². The second kappa shape index (κ2) is 6.62. The van der Waals surface area contributed by atoms with Gasteiger partial charge in [-0.25, -0.2) is 4.79 Å². The first-order valence-corrected chi connectivity index (χ1v) is 5.43. The monoisotopic (exact) mass is 236 g/mol. The number of hydrogen-bond acceptors (Lipinski definition) is 4. The highest BCUT2D eigenvalue weighted by atomic mass is 16.5. The summed E-state index contributed by atoms with van der Waals surface area (Å²) in [6.45, 7) is 1.76. The van der Waals surface area contributed by atoms with Crippen molar-refractivity contribution in [3.8, 4) is 0 Å². The molecule has 0 aromatic carbocycles. The number of methoxy groups -OCH3 is 1. The van der Waals surface area contributed by atoms with Gasteiger partial charge >= 0.3 is 6.09 Å². The number of alkyl carbamates (subject to hydrolysis) is 1. The molecule has 0 fully saturated rings. The van der Waals surface area contributed by atoms with Gasteiger partial charge in [-0.15, -0.1) is 0 Å². The first-order chi connectivity index (χ1) is 8.17. The second-order valence-electron chi connectivity index (χ2n) is 3.57. The maximum absolute atomic E-state index is 11.7. The highest BCUT2D eigenvalue weighted by Gasteiger charge is 2.19. The number of nitrogens with zero attached hydrogens (tertiary/aromatic N) is 1. The average molecular weight is 236 g/mol. The van der Waals surface area contributed by atoms with E-state index in [9.17, 15) is 9.59 Å². The number of hydrogen-bond donors (Lipinski definition) is 1. The smallest absolute Gasteiger partial charge is 0.407 e. The summed E-state index contributed by atoms with van der Waals surface area (Å²) in [7, 11) is 1.27. The van der Waals surface area contributed by atoms with Crippen LogP contribution in [0.2, 0.25) is 0 Å². The normalized spacial score (nSPS) is 11.6. The standard InChI is InChI=1S/C12H16N2O3/c1-3-11(15)10(14-12(16)17-2)8-9-4-6-13-7-5-9/h4-7,10H,3,8H2,1-2H3,(H,14,16). The number of ether oxygens (including phenoxy) is 1. The molecule has 1 rings (SSSR count). The van der Waals surface area contributed by atoms with E-state index in [0.717, 1.165) is 5.56 Å². The number of aromatic nitrogens is 1. The molecule has 0 radical (unpaired) electrons. The number of rotatable bonds is 5. The Morgan fingerprint density at radius 1 is 1.41 bits per heavy atom. The minimum Gasteiger partial charge on any atom is -0.453 e. The minimum absolute atomic E-state index is 0.0211. The van der Waals surface area contributed by atoms with Crippen molar-refractivity contribution in [2.45, 2.75) is 25.8 Å². The van der Waals surface area contributed by atoms with Gasteiger partial charge in [-0.2, -0.15) is 0 Å². The number of nitrogens with one attached hydrogen (secondary N) is 1. The van der Waals surface area contributed by atoms with Gasteiger partial charge in [0, 0.05) is 18.8 Å². The summed E-state index contributed by atoms with van der Waals surface area (Å²) in [6.07, 6.45) is 3.54. The molecule has 5 nitrogen and oxygen atoms in total. The molecule has 1 atom stereocenters. The molecule has 0 spiro atoms. The third kappa shape index (κ3) is 4.22. The van der Waals surface area contributed by atoms with Crippen molar-refractivity contribution in [2.24, 2.45) is 0 Å². The predicted octanol–water partition coefficient (Wildman–Crippen LogP) is 1.33. The molecule has 1 N–H and O–H groups in total. The third-order valence-corrected chi connectivity index (χ3v) is 2.40. The van der Waals surface area contributed by atoms with E-state index in [-0.39, 0.29) is 5.78 Å². The predicted molar refractivity (Wildman–Crippen MR) is 62.6 cm³/mol. The Hall–Kier alpha value is -1.91. The number of amides is 1. The summed E-state index contributed by atoms with van der Waals surface area (Å²) in [6, 6.07) is 3.08. The molecule has 0 saturated carbocycles. The second-order valence-corrected chi connectivity index (χ2v) is 3.57. The first kappa shape index (κ1) is 13.2. The lowest BCUT2D eigenvalue weighted by Crippen LogP contribution is -2.42. The zero-order valence-corrected chi connectivity index (χ0v) is 9.97. The van der Waals surface area contributed by atoms with Crippen LogP contribution in [0.15, 0.2) is 24.5 Å². The Morgan fingerprint density at radius 3 is 2.59 bits per heavy atom. The fourth-order valence-electron chi connectivity index (χ4n) is 1.45. The molecule has 1 aromatic heterocycles. The van der Waals surface area contributed by atoms with Crippen molar-refractivity contribution in [2.75, 3.05) is 7.11 Å². The largest absolute Gasteiger partial charge is 0.453 e.